The van der Waals surface area contributed by atoms with Crippen LogP contribution in [0.2, 0.25) is 0 Å². The molecule has 0 aromatic heterocycles. The SMILES string of the molecule is COC(=O)N1SC(=NC(=Nc2ccc(C)cc2)c2ccccc2)N(c2ccc(C)cc2)C1C(Cl)(Cl)Cl. The average molecular weight is 562 g/mol. The van der Waals surface area contributed by atoms with Crippen LogP contribution in [0.3, 0.4) is 0 Å². The number of carbonyl (C=O) groups is 1. The molecule has 4 rings (SSSR count). The zero-order chi connectivity index (χ0) is 25.9. The van der Waals surface area contributed by atoms with Crippen LogP contribution in [0, 0.1) is 13.8 Å². The second-order valence-electron chi connectivity index (χ2n) is 8.04. The van der Waals surface area contributed by atoms with Crippen LogP contribution in [0.1, 0.15) is 16.7 Å². The van der Waals surface area contributed by atoms with Gasteiger partial charge in [0.1, 0.15) is 0 Å². The molecular formula is C26H23Cl3N4O2S. The molecule has 0 aliphatic carbocycles. The van der Waals surface area contributed by atoms with Crippen LogP contribution in [0.5, 0.6) is 0 Å². The minimum Gasteiger partial charge on any atom is -0.452 e. The van der Waals surface area contributed by atoms with E-state index >= 15 is 0 Å². The first-order chi connectivity index (χ1) is 17.2. The third-order valence-corrected chi connectivity index (χ3v) is 6.90. The summed E-state index contributed by atoms with van der Waals surface area (Å²) in [4.78, 5) is 24.1. The lowest BCUT2D eigenvalue weighted by molar-refractivity contribution is 0.144. The molecule has 1 aliphatic rings. The van der Waals surface area contributed by atoms with Gasteiger partial charge in [0.25, 0.3) is 0 Å². The number of amidine groups is 2. The number of halogens is 3. The molecule has 10 heteroatoms. The molecule has 1 fully saturated rings. The maximum Gasteiger partial charge on any atom is 0.421 e. The van der Waals surface area contributed by atoms with Crippen LogP contribution in [0.25, 0.3) is 0 Å². The number of alkyl halides is 3. The Morgan fingerprint density at radius 2 is 1.50 bits per heavy atom. The number of carbonyl (C=O) groups excluding carboxylic acids is 1. The van der Waals surface area contributed by atoms with Crippen molar-refractivity contribution in [1.29, 1.82) is 0 Å². The number of methoxy groups -OCH3 is 1. The van der Waals surface area contributed by atoms with Gasteiger partial charge in [-0.25, -0.2) is 19.1 Å². The molecule has 0 N–H and O–H groups in total. The Labute approximate surface area is 229 Å². The average Bonchev–Trinajstić information content (AvgIpc) is 3.25. The lowest BCUT2D eigenvalue weighted by atomic mass is 10.2. The van der Waals surface area contributed by atoms with E-state index in [1.165, 1.54) is 11.4 Å². The molecule has 6 nitrogen and oxygen atoms in total. The summed E-state index contributed by atoms with van der Waals surface area (Å²) in [7, 11) is 1.28. The van der Waals surface area contributed by atoms with Crippen molar-refractivity contribution in [3.05, 3.63) is 95.6 Å². The van der Waals surface area contributed by atoms with Crippen LogP contribution in [-0.4, -0.2) is 38.5 Å². The number of hydrogen-bond acceptors (Lipinski definition) is 4. The van der Waals surface area contributed by atoms with Crippen LogP contribution in [-0.2, 0) is 4.74 Å². The van der Waals surface area contributed by atoms with Crippen LogP contribution < -0.4 is 4.90 Å². The van der Waals surface area contributed by atoms with Crippen molar-refractivity contribution >= 4 is 75.2 Å². The second kappa shape index (κ2) is 11.1. The standard InChI is InChI=1S/C26H23Cl3N4O2S/c1-17-9-13-20(14-10-17)30-22(19-7-5-4-6-8-19)31-24-32(21-15-11-18(2)12-16-21)23(26(27,28)29)33(36-24)25(34)35-3/h4-16,23H,1-3H3. The predicted molar refractivity (Wildman–Crippen MR) is 151 cm³/mol. The van der Waals surface area contributed by atoms with Crippen LogP contribution in [0.15, 0.2) is 88.8 Å². The third kappa shape index (κ3) is 5.98. The fourth-order valence-corrected chi connectivity index (χ4v) is 5.36. The van der Waals surface area contributed by atoms with Crippen molar-refractivity contribution in [2.24, 2.45) is 9.98 Å². The molecule has 1 saturated heterocycles. The van der Waals surface area contributed by atoms with E-state index in [0.29, 0.717) is 16.7 Å². The molecule has 1 atom stereocenters. The summed E-state index contributed by atoms with van der Waals surface area (Å²) in [5, 5.41) is 0.398. The highest BCUT2D eigenvalue weighted by Crippen LogP contribution is 2.46. The smallest absolute Gasteiger partial charge is 0.421 e. The maximum atomic E-state index is 12.7. The van der Waals surface area contributed by atoms with E-state index in [0.717, 1.165) is 34.3 Å². The van der Waals surface area contributed by atoms with Crippen LogP contribution in [0.4, 0.5) is 16.2 Å². The summed E-state index contributed by atoms with van der Waals surface area (Å²) in [6.45, 7) is 3.99. The van der Waals surface area contributed by atoms with E-state index in [2.05, 4.69) is 0 Å². The van der Waals surface area contributed by atoms with Gasteiger partial charge >= 0.3 is 6.09 Å². The van der Waals surface area contributed by atoms with Gasteiger partial charge in [0.15, 0.2) is 17.2 Å². The number of ether oxygens (including phenoxy) is 1. The largest absolute Gasteiger partial charge is 0.452 e. The monoisotopic (exact) mass is 560 g/mol. The highest BCUT2D eigenvalue weighted by Gasteiger charge is 2.52. The lowest BCUT2D eigenvalue weighted by Crippen LogP contribution is -2.50. The normalized spacial score (nSPS) is 17.6. The zero-order valence-corrected chi connectivity index (χ0v) is 22.8. The van der Waals surface area contributed by atoms with Crippen LogP contribution >= 0.6 is 46.8 Å². The molecule has 1 aliphatic heterocycles. The number of aryl methyl sites for hydroxylation is 2. The summed E-state index contributed by atoms with van der Waals surface area (Å²) in [5.74, 6) is 0.439. The van der Waals surface area contributed by atoms with E-state index in [9.17, 15) is 4.79 Å². The summed E-state index contributed by atoms with van der Waals surface area (Å²) in [5.41, 5.74) is 4.40. The summed E-state index contributed by atoms with van der Waals surface area (Å²) < 4.78 is 4.37. The number of aliphatic imine (C=N–C) groups is 2. The van der Waals surface area contributed by atoms with Gasteiger partial charge in [-0.15, -0.1) is 0 Å². The van der Waals surface area contributed by atoms with Crippen molar-refractivity contribution in [3.8, 4) is 0 Å². The van der Waals surface area contributed by atoms with Crippen molar-refractivity contribution in [2.45, 2.75) is 23.8 Å². The Kier molecular flexibility index (Phi) is 8.15. The minimum absolute atomic E-state index is 0.398. The molecular weight excluding hydrogens is 539 g/mol. The molecule has 1 heterocycles. The first-order valence-electron chi connectivity index (χ1n) is 10.9. The van der Waals surface area contributed by atoms with E-state index in [4.69, 9.17) is 49.5 Å². The van der Waals surface area contributed by atoms with Crippen molar-refractivity contribution in [2.75, 3.05) is 12.0 Å². The summed E-state index contributed by atoms with van der Waals surface area (Å²) >= 11 is 20.3. The summed E-state index contributed by atoms with van der Waals surface area (Å²) in [6.07, 6.45) is -1.70. The molecule has 3 aromatic rings. The zero-order valence-electron chi connectivity index (χ0n) is 19.7. The molecule has 0 saturated carbocycles. The fourth-order valence-electron chi connectivity index (χ4n) is 3.50. The van der Waals surface area contributed by atoms with Crippen molar-refractivity contribution in [3.63, 3.8) is 0 Å². The lowest BCUT2D eigenvalue weighted by Gasteiger charge is -2.33. The quantitative estimate of drug-likeness (QED) is 0.142. The number of rotatable bonds is 3. The molecule has 0 spiro atoms. The van der Waals surface area contributed by atoms with Gasteiger partial charge in [-0.1, -0.05) is 101 Å². The van der Waals surface area contributed by atoms with E-state index in [-0.39, 0.29) is 0 Å². The Hall–Kier alpha value is -2.71. The number of amides is 1. The van der Waals surface area contributed by atoms with E-state index < -0.39 is 16.1 Å². The predicted octanol–water partition coefficient (Wildman–Crippen LogP) is 7.67. The number of anilines is 1. The molecule has 36 heavy (non-hydrogen) atoms. The molecule has 1 unspecified atom stereocenters. The van der Waals surface area contributed by atoms with Gasteiger partial charge in [-0.2, -0.15) is 0 Å². The molecule has 0 radical (unpaired) electrons. The molecule has 3 aromatic carbocycles. The number of hydrogen-bond donors (Lipinski definition) is 0. The van der Waals surface area contributed by atoms with Gasteiger partial charge in [0, 0.05) is 23.2 Å². The second-order valence-corrected chi connectivity index (χ2v) is 11.3. The maximum absolute atomic E-state index is 12.7. The highest BCUT2D eigenvalue weighted by atomic mass is 35.6. The topological polar surface area (TPSA) is 57.5 Å². The Morgan fingerprint density at radius 3 is 2.06 bits per heavy atom. The van der Waals surface area contributed by atoms with E-state index in [1.807, 2.05) is 92.7 Å². The molecule has 186 valence electrons. The number of nitrogens with zero attached hydrogens (tertiary/aromatic N) is 4. The van der Waals surface area contributed by atoms with Gasteiger partial charge in [-0.05, 0) is 38.1 Å². The Bertz CT molecular complexity index is 1280. The first kappa shape index (κ1) is 26.4. The van der Waals surface area contributed by atoms with Crippen molar-refractivity contribution in [1.82, 2.24) is 4.31 Å². The van der Waals surface area contributed by atoms with E-state index in [1.54, 1.807) is 4.90 Å². The van der Waals surface area contributed by atoms with Crippen molar-refractivity contribution < 1.29 is 9.53 Å². The Balaban J connectivity index is 1.90. The molecule has 1 amide bonds. The van der Waals surface area contributed by atoms with Gasteiger partial charge < -0.3 is 4.74 Å². The number of benzene rings is 3. The first-order valence-corrected chi connectivity index (χ1v) is 12.9. The minimum atomic E-state index is -1.88. The van der Waals surface area contributed by atoms with Gasteiger partial charge in [0.05, 0.1) is 12.8 Å². The highest BCUT2D eigenvalue weighted by molar-refractivity contribution is 8.13. The molecule has 0 bridgehead atoms. The Morgan fingerprint density at radius 1 is 0.917 bits per heavy atom. The third-order valence-electron chi connectivity index (χ3n) is 5.31. The summed E-state index contributed by atoms with van der Waals surface area (Å²) in [6, 6.07) is 25.0. The van der Waals surface area contributed by atoms with Gasteiger partial charge in [-0.3, -0.25) is 4.90 Å². The van der Waals surface area contributed by atoms with Gasteiger partial charge in [0.2, 0.25) is 3.79 Å². The fraction of sp³-hybridized carbons (Fsp3) is 0.192.